The molecule has 2 N–H and O–H groups in total. The van der Waals surface area contributed by atoms with Crippen molar-refractivity contribution < 1.29 is 13.3 Å². The van der Waals surface area contributed by atoms with Gasteiger partial charge in [-0.15, -0.1) is 0 Å². The quantitative estimate of drug-likeness (QED) is 0.581. The van der Waals surface area contributed by atoms with E-state index in [9.17, 15) is 18.5 Å². The van der Waals surface area contributed by atoms with Gasteiger partial charge in [-0.25, -0.2) is 13.4 Å². The molecule has 0 spiro atoms. The molecule has 1 aromatic heterocycles. The maximum Gasteiger partial charge on any atom is 0.312 e. The zero-order valence-corrected chi connectivity index (χ0v) is 11.5. The first-order chi connectivity index (χ1) is 8.89. The normalized spacial score (nSPS) is 11.1. The third-order valence-corrected chi connectivity index (χ3v) is 3.52. The summed E-state index contributed by atoms with van der Waals surface area (Å²) >= 11 is 0. The maximum atomic E-state index is 11.5. The second-order valence-electron chi connectivity index (χ2n) is 3.75. The Morgan fingerprint density at radius 1 is 1.37 bits per heavy atom. The van der Waals surface area contributed by atoms with E-state index in [0.717, 1.165) is 6.42 Å². The number of nitro groups is 1. The molecular weight excluding hydrogens is 272 g/mol. The topological polar surface area (TPSA) is 114 Å². The minimum absolute atomic E-state index is 0.182. The first-order valence-electron chi connectivity index (χ1n) is 5.79. The first-order valence-corrected chi connectivity index (χ1v) is 7.44. The van der Waals surface area contributed by atoms with Gasteiger partial charge < -0.3 is 5.32 Å². The predicted octanol–water partition coefficient (Wildman–Crippen LogP) is 1.57. The Kier molecular flexibility index (Phi) is 5.04. The Bertz CT molecular complexity index is 559. The van der Waals surface area contributed by atoms with Crippen LogP contribution in [0, 0.1) is 10.1 Å². The Morgan fingerprint density at radius 3 is 2.58 bits per heavy atom. The van der Waals surface area contributed by atoms with Crippen molar-refractivity contribution in [2.24, 2.45) is 0 Å². The summed E-state index contributed by atoms with van der Waals surface area (Å²) in [7, 11) is -3.61. The predicted molar refractivity (Wildman–Crippen MR) is 72.8 cm³/mol. The molecule has 0 atom stereocenters. The van der Waals surface area contributed by atoms with Crippen molar-refractivity contribution in [2.75, 3.05) is 22.3 Å². The van der Waals surface area contributed by atoms with Gasteiger partial charge in [0.25, 0.3) is 0 Å². The fourth-order valence-corrected chi connectivity index (χ4v) is 1.83. The second kappa shape index (κ2) is 6.32. The van der Waals surface area contributed by atoms with Gasteiger partial charge in [0, 0.05) is 12.6 Å². The Morgan fingerprint density at radius 2 is 2.05 bits per heavy atom. The van der Waals surface area contributed by atoms with Crippen molar-refractivity contribution in [3.05, 3.63) is 22.2 Å². The average Bonchev–Trinajstić information content (AvgIpc) is 2.35. The van der Waals surface area contributed by atoms with Crippen LogP contribution in [0.2, 0.25) is 0 Å². The number of sulfonamides is 1. The van der Waals surface area contributed by atoms with Crippen molar-refractivity contribution in [3.8, 4) is 0 Å². The van der Waals surface area contributed by atoms with Gasteiger partial charge in [-0.05, 0) is 19.4 Å². The lowest BCUT2D eigenvalue weighted by molar-refractivity contribution is -0.384. The minimum Gasteiger partial charge on any atom is -0.370 e. The lowest BCUT2D eigenvalue weighted by Crippen LogP contribution is -2.17. The van der Waals surface area contributed by atoms with Crippen LogP contribution in [0.5, 0.6) is 0 Å². The van der Waals surface area contributed by atoms with E-state index < -0.39 is 14.9 Å². The molecule has 0 saturated carbocycles. The number of nitrogens with zero attached hydrogens (tertiary/aromatic N) is 2. The average molecular weight is 288 g/mol. The number of anilines is 2. The van der Waals surface area contributed by atoms with Crippen LogP contribution < -0.4 is 10.0 Å². The van der Waals surface area contributed by atoms with Crippen molar-refractivity contribution in [1.82, 2.24) is 4.98 Å². The molecule has 8 nitrogen and oxygen atoms in total. The van der Waals surface area contributed by atoms with Crippen molar-refractivity contribution in [3.63, 3.8) is 0 Å². The molecule has 106 valence electrons. The zero-order valence-electron chi connectivity index (χ0n) is 10.7. The van der Waals surface area contributed by atoms with Crippen molar-refractivity contribution in [2.45, 2.75) is 20.3 Å². The van der Waals surface area contributed by atoms with E-state index in [1.165, 1.54) is 19.1 Å². The van der Waals surface area contributed by atoms with Crippen LogP contribution in [0.15, 0.2) is 12.1 Å². The lowest BCUT2D eigenvalue weighted by atomic mass is 10.3. The van der Waals surface area contributed by atoms with E-state index in [-0.39, 0.29) is 17.3 Å². The number of aromatic nitrogens is 1. The summed E-state index contributed by atoms with van der Waals surface area (Å²) < 4.78 is 25.1. The van der Waals surface area contributed by atoms with Gasteiger partial charge in [0.15, 0.2) is 0 Å². The second-order valence-corrected chi connectivity index (χ2v) is 5.76. The molecule has 0 aromatic carbocycles. The van der Waals surface area contributed by atoms with E-state index in [2.05, 4.69) is 15.0 Å². The molecule has 1 heterocycles. The lowest BCUT2D eigenvalue weighted by Gasteiger charge is -2.08. The number of hydrogen-bond acceptors (Lipinski definition) is 6. The summed E-state index contributed by atoms with van der Waals surface area (Å²) in [5, 5.41) is 13.8. The molecule has 0 unspecified atom stereocenters. The molecule has 19 heavy (non-hydrogen) atoms. The minimum atomic E-state index is -3.61. The highest BCUT2D eigenvalue weighted by atomic mass is 32.2. The first kappa shape index (κ1) is 15.2. The fourth-order valence-electron chi connectivity index (χ4n) is 1.25. The number of hydrogen-bond donors (Lipinski definition) is 2. The number of pyridine rings is 1. The molecule has 0 saturated heterocycles. The summed E-state index contributed by atoms with van der Waals surface area (Å²) in [4.78, 5) is 14.1. The van der Waals surface area contributed by atoms with E-state index in [0.29, 0.717) is 12.4 Å². The fraction of sp³-hybridized carbons (Fsp3) is 0.500. The maximum absolute atomic E-state index is 11.5. The van der Waals surface area contributed by atoms with Gasteiger partial charge in [0.05, 0.1) is 10.7 Å². The highest BCUT2D eigenvalue weighted by Crippen LogP contribution is 2.24. The van der Waals surface area contributed by atoms with E-state index in [4.69, 9.17) is 0 Å². The molecule has 0 amide bonds. The summed E-state index contributed by atoms with van der Waals surface area (Å²) in [6.07, 6.45) is 0.856. The van der Waals surface area contributed by atoms with Crippen LogP contribution in [0.25, 0.3) is 0 Å². The van der Waals surface area contributed by atoms with E-state index in [1.807, 2.05) is 6.92 Å². The summed E-state index contributed by atoms with van der Waals surface area (Å²) in [5.74, 6) is -0.0625. The SMILES string of the molecule is CCCNc1ccc([N+](=O)[O-])c(NS(=O)(=O)CC)n1. The molecule has 0 radical (unpaired) electrons. The zero-order chi connectivity index (χ0) is 14.5. The summed E-state index contributed by atoms with van der Waals surface area (Å²) in [5.41, 5.74) is -0.376. The Hall–Kier alpha value is -1.90. The standard InChI is InChI=1S/C10H16N4O4S/c1-3-7-11-9-6-5-8(14(15)16)10(12-9)13-19(17,18)4-2/h5-6H,3-4,7H2,1-2H3,(H2,11,12,13). The summed E-state index contributed by atoms with van der Waals surface area (Å²) in [6, 6.07) is 2.66. The van der Waals surface area contributed by atoms with Crippen LogP contribution >= 0.6 is 0 Å². The molecule has 1 rings (SSSR count). The van der Waals surface area contributed by atoms with Crippen LogP contribution in [0.1, 0.15) is 20.3 Å². The van der Waals surface area contributed by atoms with Crippen LogP contribution in [0.4, 0.5) is 17.3 Å². The molecule has 0 fully saturated rings. The highest BCUT2D eigenvalue weighted by Gasteiger charge is 2.20. The van der Waals surface area contributed by atoms with Crippen molar-refractivity contribution in [1.29, 1.82) is 0 Å². The largest absolute Gasteiger partial charge is 0.370 e. The van der Waals surface area contributed by atoms with Crippen LogP contribution in [-0.4, -0.2) is 30.6 Å². The molecule has 1 aromatic rings. The number of nitrogens with one attached hydrogen (secondary N) is 2. The monoisotopic (exact) mass is 288 g/mol. The third kappa shape index (κ3) is 4.36. The van der Waals surface area contributed by atoms with Crippen molar-refractivity contribution >= 4 is 27.3 Å². The van der Waals surface area contributed by atoms with Crippen LogP contribution in [0.3, 0.4) is 0 Å². The summed E-state index contributed by atoms with van der Waals surface area (Å²) in [6.45, 7) is 4.04. The third-order valence-electron chi connectivity index (χ3n) is 2.26. The molecule has 9 heteroatoms. The smallest absolute Gasteiger partial charge is 0.312 e. The number of rotatable bonds is 7. The molecule has 0 aliphatic heterocycles. The van der Waals surface area contributed by atoms with Gasteiger partial charge in [0.1, 0.15) is 5.82 Å². The van der Waals surface area contributed by atoms with Gasteiger partial charge in [0.2, 0.25) is 15.8 Å². The van der Waals surface area contributed by atoms with Gasteiger partial charge in [-0.3, -0.25) is 14.8 Å². The molecule has 0 aliphatic carbocycles. The Labute approximate surface area is 111 Å². The van der Waals surface area contributed by atoms with Crippen LogP contribution in [-0.2, 0) is 10.0 Å². The molecular formula is C10H16N4O4S. The van der Waals surface area contributed by atoms with Gasteiger partial charge in [-0.1, -0.05) is 6.92 Å². The van der Waals surface area contributed by atoms with Gasteiger partial charge >= 0.3 is 5.69 Å². The van der Waals surface area contributed by atoms with E-state index in [1.54, 1.807) is 0 Å². The van der Waals surface area contributed by atoms with Gasteiger partial charge in [-0.2, -0.15) is 0 Å². The highest BCUT2D eigenvalue weighted by molar-refractivity contribution is 7.92. The molecule has 0 bridgehead atoms. The Balaban J connectivity index is 3.12. The van der Waals surface area contributed by atoms with E-state index >= 15 is 0 Å². The molecule has 0 aliphatic rings.